The number of thiazole rings is 1. The fourth-order valence-corrected chi connectivity index (χ4v) is 4.12. The van der Waals surface area contributed by atoms with Gasteiger partial charge in [-0.25, -0.2) is 9.78 Å². The van der Waals surface area contributed by atoms with Gasteiger partial charge < -0.3 is 9.73 Å². The molecule has 2 aromatic heterocycles. The van der Waals surface area contributed by atoms with Crippen LogP contribution in [0, 0.1) is 0 Å². The number of hydrogen-bond donors (Lipinski definition) is 1. The molecule has 4 rings (SSSR count). The van der Waals surface area contributed by atoms with E-state index in [1.807, 2.05) is 18.2 Å². The average Bonchev–Trinajstić information content (AvgIpc) is 3.21. The molecule has 0 radical (unpaired) electrons. The highest BCUT2D eigenvalue weighted by atomic mass is 32.1. The van der Waals surface area contributed by atoms with Crippen molar-refractivity contribution in [2.75, 3.05) is 5.32 Å². The zero-order chi connectivity index (χ0) is 16.5. The molecular formula is C17H17N3O3S. The SMILES string of the molecule is O=C(CCCn1c(=O)oc2ccccc21)Nc1nc2c(s1)CCC2. The Bertz CT molecular complexity index is 932. The van der Waals surface area contributed by atoms with Crippen LogP contribution in [-0.4, -0.2) is 15.5 Å². The van der Waals surface area contributed by atoms with Crippen LogP contribution in [0.1, 0.15) is 29.8 Å². The zero-order valence-electron chi connectivity index (χ0n) is 13.1. The van der Waals surface area contributed by atoms with Gasteiger partial charge >= 0.3 is 5.76 Å². The first-order valence-electron chi connectivity index (χ1n) is 8.07. The van der Waals surface area contributed by atoms with Crippen molar-refractivity contribution in [3.63, 3.8) is 0 Å². The second-order valence-electron chi connectivity index (χ2n) is 5.88. The maximum Gasteiger partial charge on any atom is 0.419 e. The van der Waals surface area contributed by atoms with E-state index in [1.165, 1.54) is 4.88 Å². The van der Waals surface area contributed by atoms with Gasteiger partial charge in [0.2, 0.25) is 5.91 Å². The van der Waals surface area contributed by atoms with Gasteiger partial charge in [-0.1, -0.05) is 12.1 Å². The molecule has 1 N–H and O–H groups in total. The quantitative estimate of drug-likeness (QED) is 0.773. The molecular weight excluding hydrogens is 326 g/mol. The third-order valence-electron chi connectivity index (χ3n) is 4.20. The topological polar surface area (TPSA) is 77.1 Å². The van der Waals surface area contributed by atoms with Gasteiger partial charge in [0.15, 0.2) is 10.7 Å². The van der Waals surface area contributed by atoms with Crippen molar-refractivity contribution in [2.24, 2.45) is 0 Å². The lowest BCUT2D eigenvalue weighted by Gasteiger charge is -2.03. The molecule has 24 heavy (non-hydrogen) atoms. The molecule has 6 nitrogen and oxygen atoms in total. The minimum Gasteiger partial charge on any atom is -0.408 e. The third-order valence-corrected chi connectivity index (χ3v) is 5.27. The lowest BCUT2D eigenvalue weighted by molar-refractivity contribution is -0.116. The van der Waals surface area contributed by atoms with Gasteiger partial charge in [-0.15, -0.1) is 11.3 Å². The predicted molar refractivity (Wildman–Crippen MR) is 92.5 cm³/mol. The Hall–Kier alpha value is -2.41. The van der Waals surface area contributed by atoms with Crippen molar-refractivity contribution >= 4 is 33.5 Å². The smallest absolute Gasteiger partial charge is 0.408 e. The maximum atomic E-state index is 12.1. The van der Waals surface area contributed by atoms with Crippen molar-refractivity contribution in [1.82, 2.24) is 9.55 Å². The van der Waals surface area contributed by atoms with Crippen LogP contribution in [0.2, 0.25) is 0 Å². The Morgan fingerprint density at radius 2 is 2.21 bits per heavy atom. The van der Waals surface area contributed by atoms with Crippen LogP contribution in [0.4, 0.5) is 5.13 Å². The molecule has 0 aliphatic heterocycles. The number of nitrogens with one attached hydrogen (secondary N) is 1. The Kier molecular flexibility index (Phi) is 3.93. The van der Waals surface area contributed by atoms with Gasteiger partial charge in [-0.2, -0.15) is 0 Å². The summed E-state index contributed by atoms with van der Waals surface area (Å²) in [6, 6.07) is 7.30. The summed E-state index contributed by atoms with van der Waals surface area (Å²) >= 11 is 1.57. The number of amides is 1. The summed E-state index contributed by atoms with van der Waals surface area (Å²) in [5.74, 6) is -0.448. The number of aromatic nitrogens is 2. The second kappa shape index (κ2) is 6.24. The summed E-state index contributed by atoms with van der Waals surface area (Å²) in [5, 5.41) is 3.55. The number of para-hydroxylation sites is 2. The first-order valence-corrected chi connectivity index (χ1v) is 8.89. The molecule has 0 fully saturated rings. The highest BCUT2D eigenvalue weighted by Crippen LogP contribution is 2.30. The molecule has 3 aromatic rings. The summed E-state index contributed by atoms with van der Waals surface area (Å²) in [6.45, 7) is 0.456. The van der Waals surface area contributed by atoms with Gasteiger partial charge in [-0.05, 0) is 37.8 Å². The molecule has 1 aromatic carbocycles. The van der Waals surface area contributed by atoms with Crippen LogP contribution in [-0.2, 0) is 24.2 Å². The van der Waals surface area contributed by atoms with Gasteiger partial charge in [0, 0.05) is 17.8 Å². The number of carbonyl (C=O) groups excluding carboxylic acids is 1. The highest BCUT2D eigenvalue weighted by molar-refractivity contribution is 7.15. The lowest BCUT2D eigenvalue weighted by Crippen LogP contribution is -2.17. The molecule has 124 valence electrons. The summed E-state index contributed by atoms with van der Waals surface area (Å²) in [5.41, 5.74) is 2.47. The van der Waals surface area contributed by atoms with Gasteiger partial charge in [-0.3, -0.25) is 9.36 Å². The van der Waals surface area contributed by atoms with Crippen molar-refractivity contribution in [2.45, 2.75) is 38.6 Å². The molecule has 0 bridgehead atoms. The summed E-state index contributed by atoms with van der Waals surface area (Å²) < 4.78 is 6.76. The Labute approximate surface area is 142 Å². The fourth-order valence-electron chi connectivity index (χ4n) is 3.05. The van der Waals surface area contributed by atoms with Crippen LogP contribution in [0.5, 0.6) is 0 Å². The van der Waals surface area contributed by atoms with E-state index in [9.17, 15) is 9.59 Å². The molecule has 0 spiro atoms. The Morgan fingerprint density at radius 1 is 1.33 bits per heavy atom. The van der Waals surface area contributed by atoms with Crippen molar-refractivity contribution < 1.29 is 9.21 Å². The standard InChI is InChI=1S/C17H17N3O3S/c21-15(19-16-18-11-5-3-8-14(11)24-16)9-4-10-20-12-6-1-2-7-13(12)23-17(20)22/h1-2,6-7H,3-5,8-10H2,(H,18,19,21). The van der Waals surface area contributed by atoms with Gasteiger partial charge in [0.25, 0.3) is 0 Å². The van der Waals surface area contributed by atoms with E-state index < -0.39 is 0 Å². The average molecular weight is 343 g/mol. The molecule has 7 heteroatoms. The van der Waals surface area contributed by atoms with Crippen LogP contribution in [0.3, 0.4) is 0 Å². The van der Waals surface area contributed by atoms with Gasteiger partial charge in [0.1, 0.15) is 0 Å². The number of fused-ring (bicyclic) bond motifs is 2. The second-order valence-corrected chi connectivity index (χ2v) is 6.97. The highest BCUT2D eigenvalue weighted by Gasteiger charge is 2.17. The zero-order valence-corrected chi connectivity index (χ0v) is 13.9. The first-order chi connectivity index (χ1) is 11.7. The Morgan fingerprint density at radius 3 is 3.08 bits per heavy atom. The molecule has 0 saturated carbocycles. The van der Waals surface area contributed by atoms with Crippen LogP contribution in [0.15, 0.2) is 33.5 Å². The van der Waals surface area contributed by atoms with Gasteiger partial charge in [0.05, 0.1) is 11.2 Å². The molecule has 2 heterocycles. The third kappa shape index (κ3) is 2.87. The van der Waals surface area contributed by atoms with E-state index in [-0.39, 0.29) is 11.7 Å². The summed E-state index contributed by atoms with van der Waals surface area (Å²) in [7, 11) is 0. The van der Waals surface area contributed by atoms with Crippen LogP contribution >= 0.6 is 11.3 Å². The van der Waals surface area contributed by atoms with E-state index in [2.05, 4.69) is 10.3 Å². The number of benzene rings is 1. The van der Waals surface area contributed by atoms with Crippen molar-refractivity contribution in [3.8, 4) is 0 Å². The summed E-state index contributed by atoms with van der Waals surface area (Å²) in [6.07, 6.45) is 4.16. The number of aryl methyl sites for hydroxylation is 3. The van der Waals surface area contributed by atoms with E-state index in [4.69, 9.17) is 4.42 Å². The largest absolute Gasteiger partial charge is 0.419 e. The van der Waals surface area contributed by atoms with E-state index in [1.54, 1.807) is 22.0 Å². The number of anilines is 1. The summed E-state index contributed by atoms with van der Waals surface area (Å²) in [4.78, 5) is 29.7. The van der Waals surface area contributed by atoms with E-state index in [0.29, 0.717) is 30.1 Å². The van der Waals surface area contributed by atoms with Crippen LogP contribution in [0.25, 0.3) is 11.1 Å². The fraction of sp³-hybridized carbons (Fsp3) is 0.353. The number of rotatable bonds is 5. The van der Waals surface area contributed by atoms with Crippen LogP contribution < -0.4 is 11.1 Å². The molecule has 1 aliphatic rings. The van der Waals surface area contributed by atoms with Crippen molar-refractivity contribution in [3.05, 3.63) is 45.4 Å². The Balaban J connectivity index is 1.35. The number of hydrogen-bond acceptors (Lipinski definition) is 5. The van der Waals surface area contributed by atoms with Crippen molar-refractivity contribution in [1.29, 1.82) is 0 Å². The number of nitrogens with zero attached hydrogens (tertiary/aromatic N) is 2. The predicted octanol–water partition coefficient (Wildman–Crippen LogP) is 2.96. The monoisotopic (exact) mass is 343 g/mol. The number of oxazole rings is 1. The van der Waals surface area contributed by atoms with E-state index >= 15 is 0 Å². The molecule has 1 amide bonds. The lowest BCUT2D eigenvalue weighted by atomic mass is 10.3. The maximum absolute atomic E-state index is 12.1. The normalized spacial score (nSPS) is 13.3. The minimum absolute atomic E-state index is 0.0664. The minimum atomic E-state index is -0.382. The molecule has 0 unspecified atom stereocenters. The van der Waals surface area contributed by atoms with E-state index in [0.717, 1.165) is 30.5 Å². The first kappa shape index (κ1) is 15.1. The molecule has 1 aliphatic carbocycles. The molecule has 0 atom stereocenters. The number of carbonyl (C=O) groups is 1. The molecule has 0 saturated heterocycles.